The Hall–Kier alpha value is -2.49. The number of piperidine rings is 1. The lowest BCUT2D eigenvalue weighted by atomic mass is 9.85. The van der Waals surface area contributed by atoms with Crippen molar-refractivity contribution >= 4 is 11.6 Å². The lowest BCUT2D eigenvalue weighted by molar-refractivity contribution is -0.136. The zero-order chi connectivity index (χ0) is 18.4. The van der Waals surface area contributed by atoms with Crippen molar-refractivity contribution in [3.05, 3.63) is 59.2 Å². The zero-order valence-electron chi connectivity index (χ0n) is 15.9. The topological polar surface area (TPSA) is 32.8 Å². The van der Waals surface area contributed by atoms with Crippen LogP contribution in [0.4, 0.5) is 5.69 Å². The first-order valence-electron chi connectivity index (χ1n) is 10.1. The van der Waals surface area contributed by atoms with Crippen LogP contribution in [-0.4, -0.2) is 31.0 Å². The highest BCUT2D eigenvalue weighted by atomic mass is 16.5. The molecule has 1 fully saturated rings. The highest BCUT2D eigenvalue weighted by Crippen LogP contribution is 2.51. The largest absolute Gasteiger partial charge is 0.496 e. The van der Waals surface area contributed by atoms with Crippen LogP contribution in [0.2, 0.25) is 0 Å². The molecule has 140 valence electrons. The van der Waals surface area contributed by atoms with Gasteiger partial charge in [-0.2, -0.15) is 0 Å². The monoisotopic (exact) mass is 362 g/mol. The molecule has 1 saturated heterocycles. The summed E-state index contributed by atoms with van der Waals surface area (Å²) in [4.78, 5) is 17.4. The van der Waals surface area contributed by atoms with Crippen LogP contribution in [0.5, 0.6) is 5.75 Å². The fraction of sp³-hybridized carbons (Fsp3) is 0.435. The molecule has 27 heavy (non-hydrogen) atoms. The van der Waals surface area contributed by atoms with E-state index in [0.717, 1.165) is 44.5 Å². The number of methoxy groups -OCH3 is 1. The molecule has 0 bridgehead atoms. The third-order valence-corrected chi connectivity index (χ3v) is 6.48. The SMILES string of the molecule is COc1ccccc1C1CC(N2CCCCC2=O)c2cccc3c2N1CC3. The Morgan fingerprint density at radius 1 is 0.889 bits per heavy atom. The number of amides is 1. The number of likely N-dealkylation sites (tertiary alicyclic amines) is 1. The van der Waals surface area contributed by atoms with E-state index in [9.17, 15) is 4.79 Å². The number of benzene rings is 2. The van der Waals surface area contributed by atoms with Crippen LogP contribution in [0, 0.1) is 0 Å². The number of para-hydroxylation sites is 2. The van der Waals surface area contributed by atoms with Gasteiger partial charge < -0.3 is 14.5 Å². The minimum absolute atomic E-state index is 0.164. The maximum Gasteiger partial charge on any atom is 0.223 e. The van der Waals surface area contributed by atoms with E-state index in [1.165, 1.54) is 22.4 Å². The van der Waals surface area contributed by atoms with Crippen molar-refractivity contribution < 1.29 is 9.53 Å². The molecule has 2 aromatic rings. The number of carbonyl (C=O) groups excluding carboxylic acids is 1. The van der Waals surface area contributed by atoms with Crippen molar-refractivity contribution in [3.8, 4) is 5.75 Å². The van der Waals surface area contributed by atoms with Crippen LogP contribution >= 0.6 is 0 Å². The van der Waals surface area contributed by atoms with Gasteiger partial charge in [0.15, 0.2) is 0 Å². The Bertz CT molecular complexity index is 878. The van der Waals surface area contributed by atoms with E-state index >= 15 is 0 Å². The molecule has 2 aromatic carbocycles. The summed E-state index contributed by atoms with van der Waals surface area (Å²) in [6, 6.07) is 15.4. The molecule has 0 radical (unpaired) electrons. The summed E-state index contributed by atoms with van der Waals surface area (Å²) in [7, 11) is 1.75. The predicted molar refractivity (Wildman–Crippen MR) is 106 cm³/mol. The van der Waals surface area contributed by atoms with Gasteiger partial charge in [0.2, 0.25) is 5.91 Å². The summed E-state index contributed by atoms with van der Waals surface area (Å²) in [5.41, 5.74) is 5.35. The maximum atomic E-state index is 12.7. The van der Waals surface area contributed by atoms with Crippen molar-refractivity contribution in [2.45, 2.75) is 44.2 Å². The summed E-state index contributed by atoms with van der Waals surface area (Å²) in [6.07, 6.45) is 4.84. The van der Waals surface area contributed by atoms with E-state index < -0.39 is 0 Å². The van der Waals surface area contributed by atoms with Crippen LogP contribution < -0.4 is 9.64 Å². The first-order chi connectivity index (χ1) is 13.3. The summed E-state index contributed by atoms with van der Waals surface area (Å²) in [5, 5.41) is 0. The number of anilines is 1. The first kappa shape index (κ1) is 16.7. The number of hydrogen-bond acceptors (Lipinski definition) is 3. The van der Waals surface area contributed by atoms with Gasteiger partial charge in [0.1, 0.15) is 5.75 Å². The minimum Gasteiger partial charge on any atom is -0.496 e. The zero-order valence-corrected chi connectivity index (χ0v) is 15.9. The second kappa shape index (κ2) is 6.59. The van der Waals surface area contributed by atoms with Gasteiger partial charge >= 0.3 is 0 Å². The van der Waals surface area contributed by atoms with E-state index in [1.54, 1.807) is 7.11 Å². The number of carbonyl (C=O) groups is 1. The number of hydrogen-bond donors (Lipinski definition) is 0. The van der Waals surface area contributed by atoms with Crippen molar-refractivity contribution in [1.82, 2.24) is 4.90 Å². The van der Waals surface area contributed by atoms with Crippen LogP contribution in [0.1, 0.15) is 54.5 Å². The Morgan fingerprint density at radius 3 is 2.56 bits per heavy atom. The quantitative estimate of drug-likeness (QED) is 0.818. The normalized spacial score (nSPS) is 24.1. The van der Waals surface area contributed by atoms with Gasteiger partial charge in [0.25, 0.3) is 0 Å². The molecule has 3 aliphatic heterocycles. The Labute approximate surface area is 160 Å². The molecule has 0 spiro atoms. The maximum absolute atomic E-state index is 12.7. The van der Waals surface area contributed by atoms with E-state index in [2.05, 4.69) is 40.1 Å². The molecule has 0 N–H and O–H groups in total. The molecular weight excluding hydrogens is 336 g/mol. The van der Waals surface area contributed by atoms with Crippen LogP contribution in [0.15, 0.2) is 42.5 Å². The molecule has 0 aromatic heterocycles. The van der Waals surface area contributed by atoms with Crippen molar-refractivity contribution in [3.63, 3.8) is 0 Å². The molecule has 0 aliphatic carbocycles. The summed E-state index contributed by atoms with van der Waals surface area (Å²) >= 11 is 0. The van der Waals surface area contributed by atoms with E-state index in [0.29, 0.717) is 12.3 Å². The third kappa shape index (κ3) is 2.61. The summed E-state index contributed by atoms with van der Waals surface area (Å²) in [6.45, 7) is 1.92. The lowest BCUT2D eigenvalue weighted by Crippen LogP contribution is -2.43. The van der Waals surface area contributed by atoms with E-state index in [1.807, 2.05) is 12.1 Å². The summed E-state index contributed by atoms with van der Waals surface area (Å²) in [5.74, 6) is 1.26. The van der Waals surface area contributed by atoms with Gasteiger partial charge in [-0.05, 0) is 42.9 Å². The van der Waals surface area contributed by atoms with Crippen LogP contribution in [0.25, 0.3) is 0 Å². The van der Waals surface area contributed by atoms with Crippen molar-refractivity contribution in [1.29, 1.82) is 0 Å². The van der Waals surface area contributed by atoms with Gasteiger partial charge in [-0.25, -0.2) is 0 Å². The van der Waals surface area contributed by atoms with Crippen LogP contribution in [-0.2, 0) is 11.2 Å². The second-order valence-corrected chi connectivity index (χ2v) is 7.85. The molecule has 5 rings (SSSR count). The molecule has 3 heterocycles. The predicted octanol–water partition coefficient (Wildman–Crippen LogP) is 4.26. The van der Waals surface area contributed by atoms with Gasteiger partial charge in [0, 0.05) is 30.8 Å². The Kier molecular flexibility index (Phi) is 4.07. The molecule has 2 unspecified atom stereocenters. The fourth-order valence-corrected chi connectivity index (χ4v) is 5.25. The Balaban J connectivity index is 1.62. The molecule has 4 heteroatoms. The average molecular weight is 362 g/mol. The van der Waals surface area contributed by atoms with Gasteiger partial charge in [0.05, 0.1) is 19.2 Å². The second-order valence-electron chi connectivity index (χ2n) is 7.85. The highest BCUT2D eigenvalue weighted by Gasteiger charge is 2.42. The number of rotatable bonds is 3. The smallest absolute Gasteiger partial charge is 0.223 e. The molecular formula is C23H26N2O2. The minimum atomic E-state index is 0.164. The molecule has 2 atom stereocenters. The molecule has 0 saturated carbocycles. The van der Waals surface area contributed by atoms with Gasteiger partial charge in [-0.1, -0.05) is 36.4 Å². The highest BCUT2D eigenvalue weighted by molar-refractivity contribution is 5.78. The summed E-state index contributed by atoms with van der Waals surface area (Å²) < 4.78 is 5.69. The van der Waals surface area contributed by atoms with Crippen LogP contribution in [0.3, 0.4) is 0 Å². The standard InChI is InChI=1S/C23H26N2O2/c1-27-21-10-3-2-8-17(21)19-15-20(24-13-5-4-11-22(24)26)18-9-6-7-16-12-14-25(19)23(16)18/h2-3,6-10,19-20H,4-5,11-15H2,1H3. The molecule has 3 aliphatic rings. The molecule has 4 nitrogen and oxygen atoms in total. The van der Waals surface area contributed by atoms with E-state index in [-0.39, 0.29) is 12.1 Å². The van der Waals surface area contributed by atoms with Crippen molar-refractivity contribution in [2.75, 3.05) is 25.1 Å². The Morgan fingerprint density at radius 2 is 1.70 bits per heavy atom. The van der Waals surface area contributed by atoms with Gasteiger partial charge in [-0.15, -0.1) is 0 Å². The molecule has 1 amide bonds. The average Bonchev–Trinajstić information content (AvgIpc) is 3.15. The van der Waals surface area contributed by atoms with Gasteiger partial charge in [-0.3, -0.25) is 4.79 Å². The van der Waals surface area contributed by atoms with E-state index in [4.69, 9.17) is 4.74 Å². The van der Waals surface area contributed by atoms with Crippen molar-refractivity contribution in [2.24, 2.45) is 0 Å². The number of nitrogens with zero attached hydrogens (tertiary/aromatic N) is 2. The number of ether oxygens (including phenoxy) is 1. The first-order valence-corrected chi connectivity index (χ1v) is 10.1. The lowest BCUT2D eigenvalue weighted by Gasteiger charge is -2.45. The third-order valence-electron chi connectivity index (χ3n) is 6.48. The fourth-order valence-electron chi connectivity index (χ4n) is 5.25.